The summed E-state index contributed by atoms with van der Waals surface area (Å²) in [5.74, 6) is 1.52. The van der Waals surface area contributed by atoms with E-state index in [0.29, 0.717) is 0 Å². The second-order valence-electron chi connectivity index (χ2n) is 6.64. The lowest BCUT2D eigenvalue weighted by atomic mass is 9.90. The van der Waals surface area contributed by atoms with Crippen molar-refractivity contribution in [1.82, 2.24) is 4.90 Å². The predicted molar refractivity (Wildman–Crippen MR) is 73.6 cm³/mol. The Labute approximate surface area is 115 Å². The Balaban J connectivity index is 0. The predicted octanol–water partition coefficient (Wildman–Crippen LogP) is -0.301. The summed E-state index contributed by atoms with van der Waals surface area (Å²) in [6.07, 6.45) is 1.29. The molecule has 0 amide bonds. The molecule has 0 aliphatic carbocycles. The minimum atomic E-state index is 0. The zero-order valence-electron chi connectivity index (χ0n) is 13.1. The molecule has 0 saturated carbocycles. The smallest absolute Gasteiger partial charge is 0.0932 e. The van der Waals surface area contributed by atoms with Gasteiger partial charge in [-0.05, 0) is 14.1 Å². The largest absolute Gasteiger partial charge is 1.00 e. The first-order valence-corrected chi connectivity index (χ1v) is 6.66. The Morgan fingerprint density at radius 1 is 0.941 bits per heavy atom. The van der Waals surface area contributed by atoms with E-state index in [4.69, 9.17) is 0 Å². The topological polar surface area (TPSA) is 3.24 Å². The van der Waals surface area contributed by atoms with Gasteiger partial charge in [-0.25, -0.2) is 0 Å². The van der Waals surface area contributed by atoms with E-state index in [-0.39, 0.29) is 12.4 Å². The van der Waals surface area contributed by atoms with Crippen LogP contribution in [-0.2, 0) is 0 Å². The van der Waals surface area contributed by atoms with Crippen LogP contribution in [0.3, 0.4) is 0 Å². The van der Waals surface area contributed by atoms with Crippen LogP contribution in [-0.4, -0.2) is 56.7 Å². The van der Waals surface area contributed by atoms with Gasteiger partial charge in [0.05, 0.1) is 26.7 Å². The van der Waals surface area contributed by atoms with E-state index < -0.39 is 0 Å². The lowest BCUT2D eigenvalue weighted by Crippen LogP contribution is -3.00. The monoisotopic (exact) mass is 264 g/mol. The molecule has 0 unspecified atom stereocenters. The molecule has 0 N–H and O–H groups in total. The molecule has 0 aliphatic rings. The lowest BCUT2D eigenvalue weighted by Gasteiger charge is -2.43. The van der Waals surface area contributed by atoms with E-state index in [9.17, 15) is 0 Å². The minimum absolute atomic E-state index is 0. The highest BCUT2D eigenvalue weighted by Crippen LogP contribution is 2.23. The van der Waals surface area contributed by atoms with E-state index in [0.717, 1.165) is 22.4 Å². The van der Waals surface area contributed by atoms with Gasteiger partial charge in [0, 0.05) is 24.8 Å². The van der Waals surface area contributed by atoms with Crippen LogP contribution in [0.2, 0.25) is 0 Å². The molecule has 0 aliphatic heterocycles. The van der Waals surface area contributed by atoms with E-state index in [1.807, 2.05) is 0 Å². The summed E-state index contributed by atoms with van der Waals surface area (Å²) in [6.45, 7) is 11.9. The van der Waals surface area contributed by atoms with Crippen molar-refractivity contribution in [2.45, 2.75) is 40.2 Å². The van der Waals surface area contributed by atoms with Gasteiger partial charge in [0.2, 0.25) is 0 Å². The molecule has 0 rings (SSSR count). The van der Waals surface area contributed by atoms with Gasteiger partial charge in [-0.15, -0.1) is 0 Å². The molecule has 0 fully saturated rings. The summed E-state index contributed by atoms with van der Waals surface area (Å²) >= 11 is 0. The number of quaternary nitrogens is 1. The van der Waals surface area contributed by atoms with Crippen molar-refractivity contribution in [2.75, 3.05) is 41.3 Å². The Hall–Kier alpha value is 0.210. The number of hydrogen-bond donors (Lipinski definition) is 0. The Morgan fingerprint density at radius 2 is 1.35 bits per heavy atom. The van der Waals surface area contributed by atoms with Gasteiger partial charge in [0.15, 0.2) is 0 Å². The SMILES string of the molecule is CC(C)C(C(C)C)[N+](C)(C)CCCN(C)C.[Cl-]. The van der Waals surface area contributed by atoms with Gasteiger partial charge >= 0.3 is 0 Å². The highest BCUT2D eigenvalue weighted by molar-refractivity contribution is 4.67. The maximum atomic E-state index is 2.39. The third-order valence-electron chi connectivity index (χ3n) is 3.51. The fraction of sp³-hybridized carbons (Fsp3) is 1.00. The molecule has 3 heteroatoms. The fourth-order valence-corrected chi connectivity index (χ4v) is 3.33. The summed E-state index contributed by atoms with van der Waals surface area (Å²) < 4.78 is 1.16. The van der Waals surface area contributed by atoms with Crippen LogP contribution in [0.15, 0.2) is 0 Å². The van der Waals surface area contributed by atoms with Crippen molar-refractivity contribution in [3.63, 3.8) is 0 Å². The van der Waals surface area contributed by atoms with E-state index in [2.05, 4.69) is 60.8 Å². The van der Waals surface area contributed by atoms with Crippen LogP contribution in [0.5, 0.6) is 0 Å². The van der Waals surface area contributed by atoms with E-state index in [1.54, 1.807) is 0 Å². The molecule has 0 bridgehead atoms. The number of rotatable bonds is 7. The summed E-state index contributed by atoms with van der Waals surface area (Å²) in [4.78, 5) is 2.28. The standard InChI is InChI=1S/C14H33N2.ClH/c1-12(2)14(13(3)4)16(7,8)11-9-10-15(5)6;/h12-14H,9-11H2,1-8H3;1H/q+1;/p-1. The number of nitrogens with zero attached hydrogens (tertiary/aromatic N) is 2. The number of halogens is 1. The summed E-state index contributed by atoms with van der Waals surface area (Å²) in [6, 6.07) is 0.766. The van der Waals surface area contributed by atoms with Crippen LogP contribution in [0.25, 0.3) is 0 Å². The van der Waals surface area contributed by atoms with Crippen molar-refractivity contribution in [3.05, 3.63) is 0 Å². The molecular formula is C14H33ClN2. The second kappa shape index (κ2) is 8.34. The second-order valence-corrected chi connectivity index (χ2v) is 6.64. The molecule has 0 spiro atoms. The van der Waals surface area contributed by atoms with Crippen LogP contribution in [0.4, 0.5) is 0 Å². The van der Waals surface area contributed by atoms with Crippen LogP contribution >= 0.6 is 0 Å². The van der Waals surface area contributed by atoms with Crippen molar-refractivity contribution in [2.24, 2.45) is 11.8 Å². The summed E-state index contributed by atoms with van der Waals surface area (Å²) in [7, 11) is 9.09. The molecule has 2 nitrogen and oxygen atoms in total. The maximum Gasteiger partial charge on any atom is 0.0932 e. The van der Waals surface area contributed by atoms with Gasteiger partial charge in [-0.3, -0.25) is 0 Å². The first-order chi connectivity index (χ1) is 7.18. The molecule has 0 aromatic rings. The van der Waals surface area contributed by atoms with Gasteiger partial charge < -0.3 is 21.8 Å². The highest BCUT2D eigenvalue weighted by atomic mass is 35.5. The minimum Gasteiger partial charge on any atom is -1.00 e. The van der Waals surface area contributed by atoms with Crippen LogP contribution in [0.1, 0.15) is 34.1 Å². The third-order valence-corrected chi connectivity index (χ3v) is 3.51. The Bertz CT molecular complexity index is 181. The van der Waals surface area contributed by atoms with E-state index >= 15 is 0 Å². The Morgan fingerprint density at radius 3 is 1.65 bits per heavy atom. The molecule has 0 atom stereocenters. The zero-order valence-corrected chi connectivity index (χ0v) is 13.9. The summed E-state index contributed by atoms with van der Waals surface area (Å²) in [5.41, 5.74) is 0. The normalized spacial score (nSPS) is 12.7. The quantitative estimate of drug-likeness (QED) is 0.571. The van der Waals surface area contributed by atoms with Gasteiger partial charge in [-0.1, -0.05) is 27.7 Å². The van der Waals surface area contributed by atoms with Crippen molar-refractivity contribution >= 4 is 0 Å². The van der Waals surface area contributed by atoms with Crippen molar-refractivity contribution in [3.8, 4) is 0 Å². The lowest BCUT2D eigenvalue weighted by molar-refractivity contribution is -0.922. The molecule has 0 aromatic carbocycles. The first kappa shape index (κ1) is 19.5. The average Bonchev–Trinajstić information content (AvgIpc) is 1.98. The molecule has 0 heterocycles. The van der Waals surface area contributed by atoms with E-state index in [1.165, 1.54) is 19.5 Å². The molecule has 106 valence electrons. The molecule has 0 aromatic heterocycles. The van der Waals surface area contributed by atoms with Crippen LogP contribution < -0.4 is 12.4 Å². The first-order valence-electron chi connectivity index (χ1n) is 6.66. The van der Waals surface area contributed by atoms with Crippen LogP contribution in [0, 0.1) is 11.8 Å². The molecule has 17 heavy (non-hydrogen) atoms. The zero-order chi connectivity index (χ0) is 12.9. The third kappa shape index (κ3) is 7.28. The molecule has 0 saturated heterocycles. The fourth-order valence-electron chi connectivity index (χ4n) is 3.33. The van der Waals surface area contributed by atoms with Crippen molar-refractivity contribution in [1.29, 1.82) is 0 Å². The summed E-state index contributed by atoms with van der Waals surface area (Å²) in [5, 5.41) is 0. The van der Waals surface area contributed by atoms with Gasteiger partial charge in [0.25, 0.3) is 0 Å². The average molecular weight is 265 g/mol. The highest BCUT2D eigenvalue weighted by Gasteiger charge is 2.33. The van der Waals surface area contributed by atoms with Gasteiger partial charge in [0.1, 0.15) is 0 Å². The van der Waals surface area contributed by atoms with Crippen molar-refractivity contribution < 1.29 is 16.9 Å². The number of hydrogen-bond acceptors (Lipinski definition) is 1. The van der Waals surface area contributed by atoms with Gasteiger partial charge in [-0.2, -0.15) is 0 Å². The Kier molecular flexibility index (Phi) is 9.59. The molecular weight excluding hydrogens is 232 g/mol. The maximum absolute atomic E-state index is 2.39. The molecule has 0 radical (unpaired) electrons.